The number of hydrogen-bond donors (Lipinski definition) is 2. The Balaban J connectivity index is 0.000000595. The number of halogens is 1. The van der Waals surface area contributed by atoms with Crippen molar-refractivity contribution >= 4 is 48.4 Å². The van der Waals surface area contributed by atoms with E-state index < -0.39 is 41.8 Å². The Morgan fingerprint density at radius 2 is 0.943 bits per heavy atom. The molecule has 3 amide bonds. The molecule has 0 heterocycles. The molecule has 2 N–H and O–H groups in total. The summed E-state index contributed by atoms with van der Waals surface area (Å²) in [6, 6.07) is 32.3. The molecule has 2 atom stereocenters. The minimum absolute atomic E-state index is 0. The first-order valence-corrected chi connectivity index (χ1v) is 23.1. The largest absolute Gasteiger partial charge is 0.480 e. The quantitative estimate of drug-likeness (QED) is 0.0715. The number of carboxylic acids is 1. The minimum Gasteiger partial charge on any atom is -0.480 e. The first-order chi connectivity index (χ1) is 32.5. The molecule has 4 aromatic rings. The van der Waals surface area contributed by atoms with Crippen molar-refractivity contribution in [3.8, 4) is 0 Å². The molecule has 0 aromatic heterocycles. The Labute approximate surface area is 421 Å². The highest BCUT2D eigenvalue weighted by Crippen LogP contribution is 2.17. The molecule has 4 rings (SSSR count). The van der Waals surface area contributed by atoms with Crippen molar-refractivity contribution in [2.45, 2.75) is 119 Å². The minimum atomic E-state index is -1.04. The maximum absolute atomic E-state index is 13.5. The maximum atomic E-state index is 13.5. The summed E-state index contributed by atoms with van der Waals surface area (Å²) in [6.45, 7) is 19.2. The van der Waals surface area contributed by atoms with Crippen LogP contribution in [0.3, 0.4) is 0 Å². The van der Waals surface area contributed by atoms with E-state index >= 15 is 0 Å². The van der Waals surface area contributed by atoms with Gasteiger partial charge in [-0.2, -0.15) is 0 Å². The summed E-state index contributed by atoms with van der Waals surface area (Å²) in [5.74, 6) is -2.12. The van der Waals surface area contributed by atoms with Gasteiger partial charge in [-0.25, -0.2) is 14.4 Å². The van der Waals surface area contributed by atoms with Gasteiger partial charge in [0, 0.05) is 33.0 Å². The van der Waals surface area contributed by atoms with Crippen molar-refractivity contribution in [2.75, 3.05) is 40.3 Å². The summed E-state index contributed by atoms with van der Waals surface area (Å²) in [5.41, 5.74) is 4.67. The summed E-state index contributed by atoms with van der Waals surface area (Å²) in [7, 11) is 3.25. The molecule has 0 saturated heterocycles. The summed E-state index contributed by atoms with van der Waals surface area (Å²) in [5, 5.41) is 12.3. The van der Waals surface area contributed by atoms with Gasteiger partial charge in [0.2, 0.25) is 5.91 Å². The molecule has 0 aliphatic carbocycles. The van der Waals surface area contributed by atoms with Crippen LogP contribution in [0.15, 0.2) is 109 Å². The molecule has 0 saturated carbocycles. The summed E-state index contributed by atoms with van der Waals surface area (Å²) < 4.78 is 21.1. The number of rotatable bonds is 18. The molecule has 0 spiro atoms. The molecule has 0 aliphatic heterocycles. The van der Waals surface area contributed by atoms with Crippen LogP contribution < -0.4 is 5.32 Å². The lowest BCUT2D eigenvalue weighted by atomic mass is 10.0. The lowest BCUT2D eigenvalue weighted by Gasteiger charge is -2.32. The number of nitrogens with one attached hydrogen (secondary N) is 1. The number of amides is 3. The third-order valence-electron chi connectivity index (χ3n) is 9.89. The molecule has 0 aliphatic rings. The van der Waals surface area contributed by atoms with Gasteiger partial charge in [-0.15, -0.1) is 12.4 Å². The normalized spacial score (nSPS) is 11.5. The fourth-order valence-electron chi connectivity index (χ4n) is 6.54. The van der Waals surface area contributed by atoms with Crippen LogP contribution in [0.5, 0.6) is 0 Å². The van der Waals surface area contributed by atoms with E-state index in [0.717, 1.165) is 33.4 Å². The van der Waals surface area contributed by atoms with Crippen LogP contribution in [0.1, 0.15) is 88.8 Å². The van der Waals surface area contributed by atoms with Gasteiger partial charge in [-0.3, -0.25) is 24.2 Å². The zero-order valence-electron chi connectivity index (χ0n) is 43.0. The Hall–Kier alpha value is -6.45. The molecule has 0 radical (unpaired) electrons. The van der Waals surface area contributed by atoms with Crippen LogP contribution >= 0.6 is 12.4 Å². The molecule has 0 bridgehead atoms. The topological polar surface area (TPSA) is 181 Å². The molecule has 384 valence electrons. The van der Waals surface area contributed by atoms with E-state index in [2.05, 4.69) is 5.32 Å². The molecule has 16 heteroatoms. The average Bonchev–Trinajstić information content (AvgIpc) is 3.28. The van der Waals surface area contributed by atoms with Gasteiger partial charge in [0.05, 0.1) is 6.54 Å². The molecule has 70 heavy (non-hydrogen) atoms. The molecule has 15 nitrogen and oxygen atoms in total. The highest BCUT2D eigenvalue weighted by atomic mass is 35.5. The van der Waals surface area contributed by atoms with Gasteiger partial charge in [-0.05, 0) is 98.5 Å². The van der Waals surface area contributed by atoms with E-state index in [1.54, 1.807) is 41.7 Å². The third-order valence-corrected chi connectivity index (χ3v) is 9.89. The number of aliphatic carboxylic acids is 1. The monoisotopic (exact) mass is 991 g/mol. The number of ether oxygens (including phenoxy) is 4. The van der Waals surface area contributed by atoms with Crippen molar-refractivity contribution < 1.29 is 52.8 Å². The Morgan fingerprint density at radius 1 is 0.571 bits per heavy atom. The molecule has 0 fully saturated rings. The van der Waals surface area contributed by atoms with Crippen LogP contribution in [0.25, 0.3) is 0 Å². The first kappa shape index (κ1) is 61.6. The third kappa shape index (κ3) is 24.2. The molecule has 0 unspecified atom stereocenters. The lowest BCUT2D eigenvalue weighted by molar-refractivity contribution is -0.159. The fourth-order valence-corrected chi connectivity index (χ4v) is 6.54. The van der Waals surface area contributed by atoms with Gasteiger partial charge in [0.1, 0.15) is 43.0 Å². The van der Waals surface area contributed by atoms with E-state index in [4.69, 9.17) is 18.9 Å². The van der Waals surface area contributed by atoms with E-state index in [-0.39, 0.29) is 75.7 Å². The second-order valence-corrected chi connectivity index (χ2v) is 18.3. The highest BCUT2D eigenvalue weighted by Gasteiger charge is 2.34. The SMILES string of the molecule is CCN(C(=O)OCc1ccccc1)[C@@H](Cc1ccc(C)cc1)C(=O)N(C)CC(=O)OC(C)(C)C.CCN(C(=O)OCc1ccccc1)[C@@H](Cc1ccc(C)cc1)C(=O)O.CNCC(=O)OC(C)(C)C.Cl. The molecular formula is C54H75ClN4O11. The Bertz CT molecular complexity index is 2200. The second kappa shape index (κ2) is 30.9. The second-order valence-electron chi connectivity index (χ2n) is 18.3. The number of carbonyl (C=O) groups excluding carboxylic acids is 5. The van der Waals surface area contributed by atoms with Crippen LogP contribution in [-0.4, -0.2) is 119 Å². The predicted octanol–water partition coefficient (Wildman–Crippen LogP) is 8.98. The summed E-state index contributed by atoms with van der Waals surface area (Å²) in [6.07, 6.45) is -0.663. The number of nitrogens with zero attached hydrogens (tertiary/aromatic N) is 3. The Morgan fingerprint density at radius 3 is 1.30 bits per heavy atom. The number of hydrogen-bond acceptors (Lipinski definition) is 11. The zero-order chi connectivity index (χ0) is 51.7. The van der Waals surface area contributed by atoms with Gasteiger partial charge >= 0.3 is 30.1 Å². The van der Waals surface area contributed by atoms with Gasteiger partial charge in [0.25, 0.3) is 0 Å². The number of benzene rings is 4. The number of likely N-dealkylation sites (N-methyl/N-ethyl adjacent to an activating group) is 4. The van der Waals surface area contributed by atoms with Crippen molar-refractivity contribution in [1.29, 1.82) is 0 Å². The van der Waals surface area contributed by atoms with Gasteiger partial charge < -0.3 is 34.3 Å². The lowest BCUT2D eigenvalue weighted by Crippen LogP contribution is -2.52. The van der Waals surface area contributed by atoms with Crippen LogP contribution in [-0.2, 0) is 64.2 Å². The van der Waals surface area contributed by atoms with Gasteiger partial charge in [0.15, 0.2) is 0 Å². The smallest absolute Gasteiger partial charge is 0.410 e. The van der Waals surface area contributed by atoms with Crippen LogP contribution in [0.2, 0.25) is 0 Å². The van der Waals surface area contributed by atoms with E-state index in [1.165, 1.54) is 21.7 Å². The van der Waals surface area contributed by atoms with E-state index in [1.807, 2.05) is 144 Å². The number of esters is 2. The van der Waals surface area contributed by atoms with Crippen molar-refractivity contribution in [3.63, 3.8) is 0 Å². The van der Waals surface area contributed by atoms with Crippen LogP contribution in [0.4, 0.5) is 9.59 Å². The van der Waals surface area contributed by atoms with Crippen LogP contribution in [0, 0.1) is 13.8 Å². The van der Waals surface area contributed by atoms with Crippen molar-refractivity contribution in [2.24, 2.45) is 0 Å². The highest BCUT2D eigenvalue weighted by molar-refractivity contribution is 5.88. The van der Waals surface area contributed by atoms with Crippen molar-refractivity contribution in [1.82, 2.24) is 20.0 Å². The number of carbonyl (C=O) groups is 6. The summed E-state index contributed by atoms with van der Waals surface area (Å²) >= 11 is 0. The summed E-state index contributed by atoms with van der Waals surface area (Å²) in [4.78, 5) is 77.6. The zero-order valence-corrected chi connectivity index (χ0v) is 43.8. The average molecular weight is 992 g/mol. The van der Waals surface area contributed by atoms with Crippen molar-refractivity contribution in [3.05, 3.63) is 143 Å². The fraction of sp³-hybridized carbons (Fsp3) is 0.444. The van der Waals surface area contributed by atoms with E-state index in [9.17, 15) is 33.9 Å². The maximum Gasteiger partial charge on any atom is 0.410 e. The first-order valence-electron chi connectivity index (χ1n) is 23.1. The van der Waals surface area contributed by atoms with E-state index in [0.29, 0.717) is 6.42 Å². The standard InChI is InChI=1S/C27H36N2O5.C20H23NO4.C7H15NO2.ClH/c1-7-29(26(32)33-19-22-11-9-8-10-12-22)23(17-21-15-13-20(2)14-16-21)25(31)28(6)18-24(30)34-27(3,4)5;1-3-21(20(24)25-14-17-7-5-4-6-8-17)18(19(22)23)13-16-11-9-15(2)10-12-16;1-7(2,3)10-6(9)5-8-4;/h8-16,23H,7,17-19H2,1-6H3;4-12,18H,3,13-14H2,1-2H3,(H,22,23);8H,5H2,1-4H3;1H/t23-;18-;;/m00../s1. The number of carboxylic acid groups (broad SMARTS) is 1. The number of aryl methyl sites for hydroxylation is 2. The van der Waals surface area contributed by atoms with Gasteiger partial charge in [-0.1, -0.05) is 120 Å². The Kier molecular flexibility index (Phi) is 27.2. The predicted molar refractivity (Wildman–Crippen MR) is 273 cm³/mol. The molecular weight excluding hydrogens is 916 g/mol. The molecule has 4 aromatic carbocycles.